The molecule has 0 fully saturated rings. The number of nitrogens with zero attached hydrogens (tertiary/aromatic N) is 1. The Labute approximate surface area is 123 Å². The number of methoxy groups -OCH3 is 1. The minimum Gasteiger partial charge on any atom is -0.507 e. The number of fused-ring (bicyclic) bond motifs is 1. The van der Waals surface area contributed by atoms with Gasteiger partial charge in [0.15, 0.2) is 0 Å². The van der Waals surface area contributed by atoms with E-state index in [0.29, 0.717) is 12.3 Å². The van der Waals surface area contributed by atoms with E-state index in [1.165, 1.54) is 18.7 Å². The Morgan fingerprint density at radius 2 is 2.05 bits per heavy atom. The normalized spacial score (nSPS) is 13.7. The lowest BCUT2D eigenvalue weighted by Crippen LogP contribution is -2.35. The topological polar surface area (TPSA) is 49.8 Å². The lowest BCUT2D eigenvalue weighted by atomic mass is 10.0. The van der Waals surface area contributed by atoms with E-state index in [-0.39, 0.29) is 17.2 Å². The second-order valence-corrected chi connectivity index (χ2v) is 5.07. The largest absolute Gasteiger partial charge is 0.507 e. The van der Waals surface area contributed by atoms with Crippen LogP contribution in [0.15, 0.2) is 42.5 Å². The molecule has 1 aliphatic rings. The molecule has 0 saturated heterocycles. The fraction of sp³-hybridized carbons (Fsp3) is 0.235. The second-order valence-electron chi connectivity index (χ2n) is 5.07. The van der Waals surface area contributed by atoms with Crippen LogP contribution in [0.2, 0.25) is 0 Å². The molecule has 2 aromatic carbocycles. The number of para-hydroxylation sites is 1. The number of aromatic hydroxyl groups is 1. The zero-order chi connectivity index (χ0) is 14.8. The van der Waals surface area contributed by atoms with Crippen molar-refractivity contribution in [3.63, 3.8) is 0 Å². The van der Waals surface area contributed by atoms with E-state index in [1.807, 2.05) is 24.3 Å². The molecular formula is C17H17NO3. The van der Waals surface area contributed by atoms with Crippen molar-refractivity contribution in [2.24, 2.45) is 0 Å². The highest BCUT2D eigenvalue weighted by molar-refractivity contribution is 6.08. The van der Waals surface area contributed by atoms with Gasteiger partial charge < -0.3 is 14.7 Å². The number of phenolic OH excluding ortho intramolecular Hbond substituents is 1. The van der Waals surface area contributed by atoms with Crippen molar-refractivity contribution in [1.29, 1.82) is 0 Å². The summed E-state index contributed by atoms with van der Waals surface area (Å²) < 4.78 is 5.13. The number of carbonyl (C=O) groups is 1. The van der Waals surface area contributed by atoms with E-state index in [2.05, 4.69) is 0 Å². The maximum Gasteiger partial charge on any atom is 0.262 e. The van der Waals surface area contributed by atoms with Gasteiger partial charge in [-0.2, -0.15) is 0 Å². The van der Waals surface area contributed by atoms with Crippen LogP contribution in [0, 0.1) is 0 Å². The standard InChI is InChI=1S/C17H17NO3/c1-21-13-8-9-16(19)14(11-13)17(20)18-10-4-6-12-5-2-3-7-15(12)18/h2-3,5,7-9,11,19H,4,6,10H2,1H3. The van der Waals surface area contributed by atoms with Crippen molar-refractivity contribution in [3.8, 4) is 11.5 Å². The Morgan fingerprint density at radius 1 is 1.24 bits per heavy atom. The number of hydrogen-bond acceptors (Lipinski definition) is 3. The van der Waals surface area contributed by atoms with Gasteiger partial charge in [-0.05, 0) is 42.7 Å². The second kappa shape index (κ2) is 5.48. The molecule has 108 valence electrons. The third kappa shape index (κ3) is 2.44. The van der Waals surface area contributed by atoms with Crippen molar-refractivity contribution in [2.75, 3.05) is 18.6 Å². The predicted molar refractivity (Wildman–Crippen MR) is 81.1 cm³/mol. The predicted octanol–water partition coefficient (Wildman–Crippen LogP) is 2.99. The summed E-state index contributed by atoms with van der Waals surface area (Å²) in [6.45, 7) is 0.659. The average Bonchev–Trinajstić information content (AvgIpc) is 2.54. The lowest BCUT2D eigenvalue weighted by Gasteiger charge is -2.29. The molecule has 0 aliphatic carbocycles. The van der Waals surface area contributed by atoms with Gasteiger partial charge in [-0.15, -0.1) is 0 Å². The van der Waals surface area contributed by atoms with Crippen LogP contribution in [-0.4, -0.2) is 24.7 Å². The first-order valence-corrected chi connectivity index (χ1v) is 6.97. The van der Waals surface area contributed by atoms with Gasteiger partial charge in [0.2, 0.25) is 0 Å². The lowest BCUT2D eigenvalue weighted by molar-refractivity contribution is 0.0982. The molecule has 0 atom stereocenters. The summed E-state index contributed by atoms with van der Waals surface area (Å²) in [6, 6.07) is 12.6. The molecule has 21 heavy (non-hydrogen) atoms. The van der Waals surface area contributed by atoms with Crippen LogP contribution in [0.25, 0.3) is 0 Å². The number of aryl methyl sites for hydroxylation is 1. The van der Waals surface area contributed by atoms with Gasteiger partial charge in [-0.1, -0.05) is 18.2 Å². The molecule has 0 saturated carbocycles. The first-order chi connectivity index (χ1) is 10.2. The third-order valence-corrected chi connectivity index (χ3v) is 3.79. The van der Waals surface area contributed by atoms with E-state index in [1.54, 1.807) is 17.0 Å². The fourth-order valence-electron chi connectivity index (χ4n) is 2.70. The maximum absolute atomic E-state index is 12.8. The molecule has 1 aliphatic heterocycles. The summed E-state index contributed by atoms with van der Waals surface area (Å²) in [5.41, 5.74) is 2.36. The van der Waals surface area contributed by atoms with Crippen LogP contribution in [0.4, 0.5) is 5.69 Å². The minimum absolute atomic E-state index is 0.0242. The molecule has 4 heteroatoms. The highest BCUT2D eigenvalue weighted by Crippen LogP contribution is 2.31. The summed E-state index contributed by atoms with van der Waals surface area (Å²) in [5.74, 6) is 0.337. The Bertz CT molecular complexity index is 681. The molecule has 0 unspecified atom stereocenters. The molecule has 1 amide bonds. The first kappa shape index (κ1) is 13.5. The van der Waals surface area contributed by atoms with Crippen LogP contribution >= 0.6 is 0 Å². The van der Waals surface area contributed by atoms with E-state index < -0.39 is 0 Å². The molecule has 4 nitrogen and oxygen atoms in total. The van der Waals surface area contributed by atoms with E-state index in [9.17, 15) is 9.90 Å². The summed E-state index contributed by atoms with van der Waals surface area (Å²) >= 11 is 0. The van der Waals surface area contributed by atoms with Gasteiger partial charge in [0.1, 0.15) is 11.5 Å². The van der Waals surface area contributed by atoms with Gasteiger partial charge >= 0.3 is 0 Å². The summed E-state index contributed by atoms with van der Waals surface area (Å²) in [6.07, 6.45) is 1.90. The van der Waals surface area contributed by atoms with Crippen molar-refractivity contribution in [1.82, 2.24) is 0 Å². The zero-order valence-electron chi connectivity index (χ0n) is 11.9. The molecule has 2 aromatic rings. The van der Waals surface area contributed by atoms with Gasteiger partial charge in [0.25, 0.3) is 5.91 Å². The van der Waals surface area contributed by atoms with Crippen LogP contribution in [0.5, 0.6) is 11.5 Å². The number of amides is 1. The number of carbonyl (C=O) groups excluding carboxylic acids is 1. The number of phenols is 1. The number of anilines is 1. The van der Waals surface area contributed by atoms with Crippen LogP contribution in [0.3, 0.4) is 0 Å². The summed E-state index contributed by atoms with van der Waals surface area (Å²) in [7, 11) is 1.54. The van der Waals surface area contributed by atoms with Crippen molar-refractivity contribution in [2.45, 2.75) is 12.8 Å². The molecular weight excluding hydrogens is 266 g/mol. The Morgan fingerprint density at radius 3 is 2.86 bits per heavy atom. The van der Waals surface area contributed by atoms with Gasteiger partial charge in [-0.25, -0.2) is 0 Å². The van der Waals surface area contributed by atoms with Crippen LogP contribution < -0.4 is 9.64 Å². The van der Waals surface area contributed by atoms with E-state index in [4.69, 9.17) is 4.74 Å². The quantitative estimate of drug-likeness (QED) is 0.921. The van der Waals surface area contributed by atoms with E-state index >= 15 is 0 Å². The Kier molecular flexibility index (Phi) is 3.52. The number of ether oxygens (including phenoxy) is 1. The molecule has 0 spiro atoms. The van der Waals surface area contributed by atoms with Gasteiger partial charge in [0, 0.05) is 12.2 Å². The fourth-order valence-corrected chi connectivity index (χ4v) is 2.70. The zero-order valence-corrected chi connectivity index (χ0v) is 11.9. The van der Waals surface area contributed by atoms with Crippen LogP contribution in [-0.2, 0) is 6.42 Å². The summed E-state index contributed by atoms with van der Waals surface area (Å²) in [4.78, 5) is 14.5. The number of hydrogen-bond donors (Lipinski definition) is 1. The van der Waals surface area contributed by atoms with Crippen molar-refractivity contribution < 1.29 is 14.6 Å². The third-order valence-electron chi connectivity index (χ3n) is 3.79. The highest BCUT2D eigenvalue weighted by Gasteiger charge is 2.25. The van der Waals surface area contributed by atoms with Crippen molar-refractivity contribution >= 4 is 11.6 Å². The number of benzene rings is 2. The first-order valence-electron chi connectivity index (χ1n) is 6.97. The maximum atomic E-state index is 12.8. The van der Waals surface area contributed by atoms with Crippen molar-refractivity contribution in [3.05, 3.63) is 53.6 Å². The molecule has 0 aromatic heterocycles. The summed E-state index contributed by atoms with van der Waals surface area (Å²) in [5, 5.41) is 9.98. The Hall–Kier alpha value is -2.49. The van der Waals surface area contributed by atoms with E-state index in [0.717, 1.165) is 18.5 Å². The van der Waals surface area contributed by atoms with Gasteiger partial charge in [0.05, 0.1) is 12.7 Å². The van der Waals surface area contributed by atoms with Crippen LogP contribution in [0.1, 0.15) is 22.3 Å². The molecule has 0 radical (unpaired) electrons. The van der Waals surface area contributed by atoms with Gasteiger partial charge in [-0.3, -0.25) is 4.79 Å². The monoisotopic (exact) mass is 283 g/mol. The smallest absolute Gasteiger partial charge is 0.262 e. The SMILES string of the molecule is COc1ccc(O)c(C(=O)N2CCCc3ccccc32)c1. The molecule has 1 N–H and O–H groups in total. The number of rotatable bonds is 2. The highest BCUT2D eigenvalue weighted by atomic mass is 16.5. The minimum atomic E-state index is -0.196. The Balaban J connectivity index is 2.00. The molecule has 3 rings (SSSR count). The molecule has 0 bridgehead atoms. The molecule has 1 heterocycles. The average molecular weight is 283 g/mol.